The van der Waals surface area contributed by atoms with Gasteiger partial charge in [0.15, 0.2) is 28.6 Å². The molecule has 1 unspecified atom stereocenters. The minimum atomic E-state index is -0.268. The van der Waals surface area contributed by atoms with Gasteiger partial charge in [0.05, 0.1) is 6.61 Å². The second-order valence-electron chi connectivity index (χ2n) is 6.27. The van der Waals surface area contributed by atoms with Crippen LogP contribution < -0.4 is 14.2 Å². The number of rotatable bonds is 6. The van der Waals surface area contributed by atoms with E-state index >= 15 is 0 Å². The van der Waals surface area contributed by atoms with Crippen LogP contribution in [0, 0.1) is 6.92 Å². The summed E-state index contributed by atoms with van der Waals surface area (Å²) in [6.07, 6.45) is -0.268. The number of ether oxygens (including phenoxy) is 3. The molecule has 6 nitrogen and oxygen atoms in total. The van der Waals surface area contributed by atoms with E-state index in [1.54, 1.807) is 11.8 Å². The van der Waals surface area contributed by atoms with Gasteiger partial charge < -0.3 is 18.8 Å². The van der Waals surface area contributed by atoms with Crippen molar-refractivity contribution in [3.8, 4) is 17.2 Å². The summed E-state index contributed by atoms with van der Waals surface area (Å²) < 4.78 is 19.5. The monoisotopic (exact) mass is 383 g/mol. The minimum Gasteiger partial charge on any atom is -0.493 e. The van der Waals surface area contributed by atoms with E-state index < -0.39 is 0 Å². The summed E-state index contributed by atoms with van der Waals surface area (Å²) >= 11 is 1.61. The molecular weight excluding hydrogens is 362 g/mol. The van der Waals surface area contributed by atoms with Gasteiger partial charge >= 0.3 is 0 Å². The van der Waals surface area contributed by atoms with Crippen molar-refractivity contribution in [1.82, 2.24) is 14.8 Å². The van der Waals surface area contributed by atoms with Gasteiger partial charge in [-0.25, -0.2) is 0 Å². The lowest BCUT2D eigenvalue weighted by molar-refractivity contribution is 0.0825. The molecule has 1 atom stereocenters. The first-order valence-electron chi connectivity index (χ1n) is 8.81. The fourth-order valence-corrected chi connectivity index (χ4v) is 3.54. The van der Waals surface area contributed by atoms with Crippen molar-refractivity contribution in [2.75, 3.05) is 19.0 Å². The lowest BCUT2D eigenvalue weighted by atomic mass is 10.2. The third-order valence-electron chi connectivity index (χ3n) is 4.27. The molecule has 1 aromatic heterocycles. The van der Waals surface area contributed by atoms with E-state index in [0.29, 0.717) is 13.2 Å². The molecule has 1 aliphatic heterocycles. The van der Waals surface area contributed by atoms with Gasteiger partial charge in [-0.2, -0.15) is 0 Å². The van der Waals surface area contributed by atoms with Crippen LogP contribution in [0.4, 0.5) is 0 Å². The van der Waals surface area contributed by atoms with Crippen LogP contribution in [0.25, 0.3) is 0 Å². The number of para-hydroxylation sites is 2. The van der Waals surface area contributed by atoms with E-state index in [0.717, 1.165) is 34.0 Å². The summed E-state index contributed by atoms with van der Waals surface area (Å²) in [7, 11) is 1.95. The molecule has 2 aromatic carbocycles. The number of benzene rings is 2. The number of aryl methyl sites for hydroxylation is 1. The summed E-state index contributed by atoms with van der Waals surface area (Å²) in [5, 5.41) is 9.43. The highest BCUT2D eigenvalue weighted by atomic mass is 32.2. The fourth-order valence-electron chi connectivity index (χ4n) is 2.81. The zero-order valence-electron chi connectivity index (χ0n) is 15.3. The first kappa shape index (κ1) is 17.7. The van der Waals surface area contributed by atoms with Crippen LogP contribution in [0.15, 0.2) is 53.7 Å². The Labute approximate surface area is 162 Å². The molecule has 140 valence electrons. The quantitative estimate of drug-likeness (QED) is 0.477. The summed E-state index contributed by atoms with van der Waals surface area (Å²) in [4.78, 5) is 0. The van der Waals surface area contributed by atoms with Crippen LogP contribution in [0.1, 0.15) is 17.5 Å². The fraction of sp³-hybridized carbons (Fsp3) is 0.300. The molecule has 27 heavy (non-hydrogen) atoms. The molecule has 2 heterocycles. The number of hydrogen-bond acceptors (Lipinski definition) is 6. The number of fused-ring (bicyclic) bond motifs is 1. The molecule has 0 saturated heterocycles. The predicted molar refractivity (Wildman–Crippen MR) is 104 cm³/mol. The van der Waals surface area contributed by atoms with Crippen LogP contribution in [-0.4, -0.2) is 33.7 Å². The molecule has 3 aromatic rings. The summed E-state index contributed by atoms with van der Waals surface area (Å²) in [5.41, 5.74) is 1.22. The van der Waals surface area contributed by atoms with Crippen LogP contribution in [0.2, 0.25) is 0 Å². The Bertz CT molecular complexity index is 911. The Morgan fingerprint density at radius 3 is 2.70 bits per heavy atom. The number of hydrogen-bond donors (Lipinski definition) is 0. The second kappa shape index (κ2) is 7.92. The molecule has 0 bridgehead atoms. The van der Waals surface area contributed by atoms with Crippen molar-refractivity contribution in [2.24, 2.45) is 7.05 Å². The van der Waals surface area contributed by atoms with Gasteiger partial charge in [-0.3, -0.25) is 0 Å². The van der Waals surface area contributed by atoms with Gasteiger partial charge in [0, 0.05) is 12.8 Å². The zero-order chi connectivity index (χ0) is 18.6. The van der Waals surface area contributed by atoms with Crippen LogP contribution in [-0.2, 0) is 7.05 Å². The predicted octanol–water partition coefficient (Wildman–Crippen LogP) is 3.81. The highest BCUT2D eigenvalue weighted by Crippen LogP contribution is 2.35. The molecule has 0 radical (unpaired) electrons. The molecule has 0 fully saturated rings. The van der Waals surface area contributed by atoms with Crippen molar-refractivity contribution in [2.45, 2.75) is 18.2 Å². The SMILES string of the molecule is Cc1ccc(OCCSc2nnc(C3COc4ccccc4O3)n2C)cc1. The molecule has 0 saturated carbocycles. The Hall–Kier alpha value is -2.67. The van der Waals surface area contributed by atoms with E-state index in [4.69, 9.17) is 14.2 Å². The average Bonchev–Trinajstić information content (AvgIpc) is 3.07. The second-order valence-corrected chi connectivity index (χ2v) is 7.34. The first-order chi connectivity index (χ1) is 13.2. The Morgan fingerprint density at radius 2 is 1.89 bits per heavy atom. The lowest BCUT2D eigenvalue weighted by Gasteiger charge is -2.25. The van der Waals surface area contributed by atoms with Gasteiger partial charge in [0.25, 0.3) is 0 Å². The standard InChI is InChI=1S/C20H21N3O3S/c1-14-7-9-15(10-8-14)24-11-12-27-20-22-21-19(23(20)2)18-13-25-16-5-3-4-6-17(16)26-18/h3-10,18H,11-13H2,1-2H3. The molecule has 0 N–H and O–H groups in total. The van der Waals surface area contributed by atoms with Gasteiger partial charge in [0.2, 0.25) is 0 Å². The van der Waals surface area contributed by atoms with Crippen molar-refractivity contribution in [1.29, 1.82) is 0 Å². The smallest absolute Gasteiger partial charge is 0.192 e. The van der Waals surface area contributed by atoms with Crippen LogP contribution >= 0.6 is 11.8 Å². The molecule has 4 rings (SSSR count). The Morgan fingerprint density at radius 1 is 1.11 bits per heavy atom. The average molecular weight is 383 g/mol. The molecule has 1 aliphatic rings. The molecule has 0 aliphatic carbocycles. The summed E-state index contributed by atoms with van der Waals surface area (Å²) in [6, 6.07) is 15.7. The largest absolute Gasteiger partial charge is 0.493 e. The number of aromatic nitrogens is 3. The number of nitrogens with zero attached hydrogens (tertiary/aromatic N) is 3. The maximum absolute atomic E-state index is 6.02. The minimum absolute atomic E-state index is 0.268. The Kier molecular flexibility index (Phi) is 5.20. The molecule has 0 spiro atoms. The summed E-state index contributed by atoms with van der Waals surface area (Å²) in [6.45, 7) is 3.08. The topological polar surface area (TPSA) is 58.4 Å². The summed E-state index contributed by atoms with van der Waals surface area (Å²) in [5.74, 6) is 3.92. The highest BCUT2D eigenvalue weighted by Gasteiger charge is 2.27. The Balaban J connectivity index is 1.33. The molecule has 0 amide bonds. The van der Waals surface area contributed by atoms with E-state index in [1.165, 1.54) is 5.56 Å². The van der Waals surface area contributed by atoms with E-state index in [2.05, 4.69) is 17.1 Å². The van der Waals surface area contributed by atoms with Crippen molar-refractivity contribution < 1.29 is 14.2 Å². The van der Waals surface area contributed by atoms with Crippen molar-refractivity contribution >= 4 is 11.8 Å². The van der Waals surface area contributed by atoms with Gasteiger partial charge in [-0.15, -0.1) is 10.2 Å². The number of thioether (sulfide) groups is 1. The van der Waals surface area contributed by atoms with E-state index in [-0.39, 0.29) is 6.10 Å². The molecule has 7 heteroatoms. The third-order valence-corrected chi connectivity index (χ3v) is 5.25. The van der Waals surface area contributed by atoms with Gasteiger partial charge in [-0.1, -0.05) is 41.6 Å². The van der Waals surface area contributed by atoms with Gasteiger partial charge in [0.1, 0.15) is 12.4 Å². The molecular formula is C20H21N3O3S. The van der Waals surface area contributed by atoms with Crippen molar-refractivity contribution in [3.05, 3.63) is 59.9 Å². The van der Waals surface area contributed by atoms with Crippen LogP contribution in [0.5, 0.6) is 17.2 Å². The van der Waals surface area contributed by atoms with E-state index in [1.807, 2.05) is 60.1 Å². The van der Waals surface area contributed by atoms with Gasteiger partial charge in [-0.05, 0) is 31.2 Å². The lowest BCUT2D eigenvalue weighted by Crippen LogP contribution is -2.24. The van der Waals surface area contributed by atoms with E-state index in [9.17, 15) is 0 Å². The normalized spacial score (nSPS) is 15.6. The highest BCUT2D eigenvalue weighted by molar-refractivity contribution is 7.99. The maximum atomic E-state index is 6.02. The van der Waals surface area contributed by atoms with Crippen LogP contribution in [0.3, 0.4) is 0 Å². The third kappa shape index (κ3) is 4.03. The zero-order valence-corrected chi connectivity index (χ0v) is 16.1. The maximum Gasteiger partial charge on any atom is 0.192 e. The first-order valence-corrected chi connectivity index (χ1v) is 9.79. The van der Waals surface area contributed by atoms with Crippen molar-refractivity contribution in [3.63, 3.8) is 0 Å².